The standard InChI is InChI=1S/C15H20ClFN2/c1-15(2,11-18)7-3-4-8-19-10-12-5-6-14(17)13(16)9-12/h5-6,9,19H,3-4,7-8,10H2,1-2H3. The highest BCUT2D eigenvalue weighted by atomic mass is 35.5. The zero-order valence-electron chi connectivity index (χ0n) is 11.5. The molecule has 1 rings (SSSR count). The summed E-state index contributed by atoms with van der Waals surface area (Å²) in [5.74, 6) is -0.385. The molecule has 0 saturated carbocycles. The zero-order valence-corrected chi connectivity index (χ0v) is 12.2. The lowest BCUT2D eigenvalue weighted by molar-refractivity contribution is 0.422. The van der Waals surface area contributed by atoms with Gasteiger partial charge in [-0.15, -0.1) is 0 Å². The van der Waals surface area contributed by atoms with E-state index in [1.807, 2.05) is 13.8 Å². The van der Waals surface area contributed by atoms with Gasteiger partial charge in [-0.2, -0.15) is 5.26 Å². The second-order valence-corrected chi connectivity index (χ2v) is 5.79. The number of nitrogens with zero attached hydrogens (tertiary/aromatic N) is 1. The fourth-order valence-corrected chi connectivity index (χ4v) is 1.96. The molecule has 1 N–H and O–H groups in total. The monoisotopic (exact) mass is 282 g/mol. The number of halogens is 2. The molecule has 0 heterocycles. The van der Waals surface area contributed by atoms with Gasteiger partial charge in [-0.1, -0.05) is 24.1 Å². The number of hydrogen-bond acceptors (Lipinski definition) is 2. The quantitative estimate of drug-likeness (QED) is 0.757. The van der Waals surface area contributed by atoms with E-state index >= 15 is 0 Å². The van der Waals surface area contributed by atoms with Gasteiger partial charge < -0.3 is 5.32 Å². The first-order valence-corrected chi connectivity index (χ1v) is 6.88. The van der Waals surface area contributed by atoms with Gasteiger partial charge in [0, 0.05) is 6.54 Å². The van der Waals surface area contributed by atoms with Crippen LogP contribution in [0.2, 0.25) is 5.02 Å². The molecule has 0 unspecified atom stereocenters. The minimum Gasteiger partial charge on any atom is -0.313 e. The molecule has 0 aliphatic carbocycles. The SMILES string of the molecule is CC(C)(C#N)CCCCNCc1ccc(F)c(Cl)c1. The van der Waals surface area contributed by atoms with Crippen LogP contribution >= 0.6 is 11.6 Å². The largest absolute Gasteiger partial charge is 0.313 e. The zero-order chi connectivity index (χ0) is 14.3. The molecule has 19 heavy (non-hydrogen) atoms. The fourth-order valence-electron chi connectivity index (χ4n) is 1.76. The first kappa shape index (κ1) is 15.9. The Hall–Kier alpha value is -1.11. The molecule has 0 fully saturated rings. The summed E-state index contributed by atoms with van der Waals surface area (Å²) < 4.78 is 13.0. The van der Waals surface area contributed by atoms with Gasteiger partial charge in [-0.05, 0) is 50.9 Å². The normalized spacial score (nSPS) is 11.3. The van der Waals surface area contributed by atoms with Gasteiger partial charge >= 0.3 is 0 Å². The maximum atomic E-state index is 13.0. The Bertz CT molecular complexity index is 452. The average Bonchev–Trinajstić information content (AvgIpc) is 2.37. The van der Waals surface area contributed by atoms with Gasteiger partial charge in [-0.25, -0.2) is 4.39 Å². The van der Waals surface area contributed by atoms with E-state index in [1.165, 1.54) is 6.07 Å². The third kappa shape index (κ3) is 6.04. The predicted molar refractivity (Wildman–Crippen MR) is 76.4 cm³/mol. The van der Waals surface area contributed by atoms with E-state index in [1.54, 1.807) is 12.1 Å². The maximum Gasteiger partial charge on any atom is 0.141 e. The van der Waals surface area contributed by atoms with E-state index in [-0.39, 0.29) is 16.3 Å². The van der Waals surface area contributed by atoms with Crippen LogP contribution in [0.25, 0.3) is 0 Å². The summed E-state index contributed by atoms with van der Waals surface area (Å²) in [5, 5.41) is 12.3. The Morgan fingerprint density at radius 2 is 2.11 bits per heavy atom. The molecule has 1 aromatic carbocycles. The summed E-state index contributed by atoms with van der Waals surface area (Å²) in [6, 6.07) is 7.05. The molecule has 2 nitrogen and oxygen atoms in total. The van der Waals surface area contributed by atoms with E-state index in [9.17, 15) is 4.39 Å². The number of benzene rings is 1. The van der Waals surface area contributed by atoms with E-state index in [0.717, 1.165) is 31.4 Å². The van der Waals surface area contributed by atoms with Crippen LogP contribution in [0.5, 0.6) is 0 Å². The smallest absolute Gasteiger partial charge is 0.141 e. The number of nitriles is 1. The van der Waals surface area contributed by atoms with Crippen LogP contribution in [0.3, 0.4) is 0 Å². The van der Waals surface area contributed by atoms with Crippen LogP contribution in [0.4, 0.5) is 4.39 Å². The van der Waals surface area contributed by atoms with Crippen LogP contribution in [0, 0.1) is 22.6 Å². The van der Waals surface area contributed by atoms with Crippen molar-refractivity contribution >= 4 is 11.6 Å². The van der Waals surface area contributed by atoms with Crippen molar-refractivity contribution in [2.45, 2.75) is 39.7 Å². The van der Waals surface area contributed by atoms with E-state index in [2.05, 4.69) is 11.4 Å². The number of nitrogens with one attached hydrogen (secondary N) is 1. The molecule has 0 aliphatic heterocycles. The van der Waals surface area contributed by atoms with Gasteiger partial charge in [0.2, 0.25) is 0 Å². The highest BCUT2D eigenvalue weighted by molar-refractivity contribution is 6.30. The Labute approximate surface area is 119 Å². The van der Waals surface area contributed by atoms with Crippen molar-refractivity contribution in [2.75, 3.05) is 6.54 Å². The molecule has 0 radical (unpaired) electrons. The molecule has 104 valence electrons. The molecule has 0 saturated heterocycles. The van der Waals surface area contributed by atoms with Crippen LogP contribution in [0.1, 0.15) is 38.7 Å². The first-order chi connectivity index (χ1) is 8.94. The van der Waals surface area contributed by atoms with E-state index in [0.29, 0.717) is 6.54 Å². The molecule has 1 aromatic rings. The van der Waals surface area contributed by atoms with Crippen LogP contribution in [0.15, 0.2) is 18.2 Å². The third-order valence-corrected chi connectivity index (χ3v) is 3.31. The number of rotatable bonds is 7. The Morgan fingerprint density at radius 3 is 2.74 bits per heavy atom. The molecule has 4 heteroatoms. The highest BCUT2D eigenvalue weighted by Crippen LogP contribution is 2.21. The lowest BCUT2D eigenvalue weighted by Gasteiger charge is -2.14. The Morgan fingerprint density at radius 1 is 1.37 bits per heavy atom. The molecular formula is C15H20ClFN2. The Balaban J connectivity index is 2.18. The summed E-state index contributed by atoms with van der Waals surface area (Å²) in [6.45, 7) is 5.49. The van der Waals surface area contributed by atoms with Gasteiger partial charge in [0.05, 0.1) is 16.5 Å². The molecule has 0 aliphatic rings. The van der Waals surface area contributed by atoms with Crippen molar-refractivity contribution in [3.63, 3.8) is 0 Å². The molecule has 0 aromatic heterocycles. The summed E-state index contributed by atoms with van der Waals surface area (Å²) in [4.78, 5) is 0. The summed E-state index contributed by atoms with van der Waals surface area (Å²) >= 11 is 5.71. The lowest BCUT2D eigenvalue weighted by atomic mass is 9.89. The predicted octanol–water partition coefficient (Wildman–Crippen LogP) is 4.29. The second kappa shape index (κ2) is 7.47. The molecule has 0 atom stereocenters. The van der Waals surface area contributed by atoms with Crippen molar-refractivity contribution in [1.29, 1.82) is 5.26 Å². The Kier molecular flexibility index (Phi) is 6.27. The van der Waals surface area contributed by atoms with Crippen molar-refractivity contribution in [3.05, 3.63) is 34.6 Å². The van der Waals surface area contributed by atoms with Gasteiger partial charge in [-0.3, -0.25) is 0 Å². The van der Waals surface area contributed by atoms with E-state index in [4.69, 9.17) is 16.9 Å². The van der Waals surface area contributed by atoms with Crippen molar-refractivity contribution in [2.24, 2.45) is 5.41 Å². The molecule has 0 spiro atoms. The summed E-state index contributed by atoms with van der Waals surface area (Å²) in [7, 11) is 0. The second-order valence-electron chi connectivity index (χ2n) is 5.38. The minimum atomic E-state index is -0.385. The topological polar surface area (TPSA) is 35.8 Å². The van der Waals surface area contributed by atoms with Crippen LogP contribution < -0.4 is 5.32 Å². The highest BCUT2D eigenvalue weighted by Gasteiger charge is 2.15. The van der Waals surface area contributed by atoms with Gasteiger partial charge in [0.25, 0.3) is 0 Å². The van der Waals surface area contributed by atoms with Gasteiger partial charge in [0.15, 0.2) is 0 Å². The van der Waals surface area contributed by atoms with Crippen LogP contribution in [-0.4, -0.2) is 6.54 Å². The first-order valence-electron chi connectivity index (χ1n) is 6.50. The summed E-state index contributed by atoms with van der Waals surface area (Å²) in [5.41, 5.74) is 0.744. The fraction of sp³-hybridized carbons (Fsp3) is 0.533. The molecular weight excluding hydrogens is 263 g/mol. The van der Waals surface area contributed by atoms with Crippen molar-refractivity contribution in [3.8, 4) is 6.07 Å². The lowest BCUT2D eigenvalue weighted by Crippen LogP contribution is -2.16. The minimum absolute atomic E-state index is 0.162. The number of hydrogen-bond donors (Lipinski definition) is 1. The third-order valence-electron chi connectivity index (χ3n) is 3.02. The summed E-state index contributed by atoms with van der Waals surface area (Å²) in [6.07, 6.45) is 2.96. The van der Waals surface area contributed by atoms with Crippen molar-refractivity contribution in [1.82, 2.24) is 5.32 Å². The number of unbranched alkanes of at least 4 members (excludes halogenated alkanes) is 1. The molecule has 0 amide bonds. The van der Waals surface area contributed by atoms with Gasteiger partial charge in [0.1, 0.15) is 5.82 Å². The average molecular weight is 283 g/mol. The van der Waals surface area contributed by atoms with Crippen LogP contribution in [-0.2, 0) is 6.54 Å². The maximum absolute atomic E-state index is 13.0. The van der Waals surface area contributed by atoms with Crippen molar-refractivity contribution < 1.29 is 4.39 Å². The van der Waals surface area contributed by atoms with E-state index < -0.39 is 0 Å². The molecule has 0 bridgehead atoms.